The molecule has 1 heterocycles. The van der Waals surface area contributed by atoms with Crippen molar-refractivity contribution < 1.29 is 22.3 Å². The fourth-order valence-corrected chi connectivity index (χ4v) is 4.40. The number of halogens is 4. The van der Waals surface area contributed by atoms with E-state index in [1.807, 2.05) is 0 Å². The lowest BCUT2D eigenvalue weighted by Crippen LogP contribution is -2.55. The van der Waals surface area contributed by atoms with Crippen LogP contribution in [0.1, 0.15) is 23.1 Å². The number of fused-ring (bicyclic) bond motifs is 1. The molecule has 1 fully saturated rings. The van der Waals surface area contributed by atoms with Crippen molar-refractivity contribution in [2.45, 2.75) is 25.0 Å². The molecule has 0 radical (unpaired) electrons. The van der Waals surface area contributed by atoms with E-state index in [-0.39, 0.29) is 13.2 Å². The molecule has 4 rings (SSSR count). The lowest BCUT2D eigenvalue weighted by atomic mass is 9.89. The molecule has 7 heteroatoms. The molecule has 1 N–H and O–H groups in total. The second kappa shape index (κ2) is 7.81. The molecule has 1 saturated heterocycles. The number of nitrogens with zero attached hydrogens (tertiary/aromatic N) is 1. The first-order valence-electron chi connectivity index (χ1n) is 9.45. The van der Waals surface area contributed by atoms with Crippen molar-refractivity contribution in [2.24, 2.45) is 0 Å². The van der Waals surface area contributed by atoms with Crippen LogP contribution < -0.4 is 5.32 Å². The van der Waals surface area contributed by atoms with E-state index in [1.165, 1.54) is 24.3 Å². The summed E-state index contributed by atoms with van der Waals surface area (Å²) in [5.74, 6) is -3.02. The highest BCUT2D eigenvalue weighted by Gasteiger charge is 2.45. The topological polar surface area (TPSA) is 24.5 Å². The number of benzene rings is 2. The van der Waals surface area contributed by atoms with Crippen LogP contribution in [0.5, 0.6) is 0 Å². The molecule has 1 aliphatic heterocycles. The lowest BCUT2D eigenvalue weighted by Gasteiger charge is -2.44. The van der Waals surface area contributed by atoms with Gasteiger partial charge in [0, 0.05) is 32.2 Å². The van der Waals surface area contributed by atoms with E-state index >= 15 is 0 Å². The molecule has 2 aliphatic rings. The molecule has 1 aliphatic carbocycles. The van der Waals surface area contributed by atoms with Crippen molar-refractivity contribution in [3.8, 4) is 0 Å². The van der Waals surface area contributed by atoms with Gasteiger partial charge in [-0.25, -0.2) is 17.6 Å². The molecule has 3 nitrogen and oxygen atoms in total. The Balaban J connectivity index is 1.60. The van der Waals surface area contributed by atoms with E-state index in [9.17, 15) is 17.6 Å². The molecule has 0 saturated carbocycles. The summed E-state index contributed by atoms with van der Waals surface area (Å²) in [6.45, 7) is 3.41. The van der Waals surface area contributed by atoms with Crippen molar-refractivity contribution in [1.29, 1.82) is 0 Å². The van der Waals surface area contributed by atoms with Gasteiger partial charge in [0.15, 0.2) is 11.6 Å². The van der Waals surface area contributed by atoms with E-state index in [0.29, 0.717) is 18.4 Å². The predicted octanol–water partition coefficient (Wildman–Crippen LogP) is 3.51. The summed E-state index contributed by atoms with van der Waals surface area (Å²) >= 11 is 0. The molecular weight excluding hydrogens is 372 g/mol. The maximum absolute atomic E-state index is 14.0. The average Bonchev–Trinajstić information content (AvgIpc) is 3.01. The van der Waals surface area contributed by atoms with Gasteiger partial charge in [0.1, 0.15) is 11.6 Å². The molecule has 0 unspecified atom stereocenters. The van der Waals surface area contributed by atoms with Crippen molar-refractivity contribution in [3.05, 3.63) is 70.3 Å². The fraction of sp³-hybridized carbons (Fsp3) is 0.429. The number of rotatable bonds is 5. The minimum atomic E-state index is -0.868. The Bertz CT molecular complexity index is 849. The summed E-state index contributed by atoms with van der Waals surface area (Å²) in [5, 5.41) is 3.29. The van der Waals surface area contributed by atoms with Gasteiger partial charge in [0.2, 0.25) is 0 Å². The number of aryl methyl sites for hydroxylation is 1. The Hall–Kier alpha value is -1.96. The standard InChI is InChI=1S/C21H22F4N2O/c22-16-7-14(8-17(23)10-16)12-28-13-21(27-5-3-26-4-6-27)2-1-15-9-19(24)20(25)11-18(15)21/h7-11,26H,1-6,12-13H2/t21-/m0/s1. The summed E-state index contributed by atoms with van der Waals surface area (Å²) in [7, 11) is 0. The smallest absolute Gasteiger partial charge is 0.159 e. The zero-order chi connectivity index (χ0) is 19.7. The summed E-state index contributed by atoms with van der Waals surface area (Å²) in [6.07, 6.45) is 1.32. The van der Waals surface area contributed by atoms with Crippen LogP contribution in [0, 0.1) is 23.3 Å². The Labute approximate surface area is 161 Å². The molecule has 28 heavy (non-hydrogen) atoms. The lowest BCUT2D eigenvalue weighted by molar-refractivity contribution is -0.0242. The zero-order valence-electron chi connectivity index (χ0n) is 15.4. The average molecular weight is 394 g/mol. The Morgan fingerprint density at radius 1 is 0.929 bits per heavy atom. The first-order valence-corrected chi connectivity index (χ1v) is 9.45. The zero-order valence-corrected chi connectivity index (χ0v) is 15.4. The molecule has 0 spiro atoms. The Morgan fingerprint density at radius 2 is 1.61 bits per heavy atom. The third-order valence-electron chi connectivity index (χ3n) is 5.71. The molecule has 150 valence electrons. The fourth-order valence-electron chi connectivity index (χ4n) is 4.40. The number of ether oxygens (including phenoxy) is 1. The van der Waals surface area contributed by atoms with Gasteiger partial charge in [-0.1, -0.05) is 0 Å². The summed E-state index contributed by atoms with van der Waals surface area (Å²) in [6, 6.07) is 5.84. The summed E-state index contributed by atoms with van der Waals surface area (Å²) in [4.78, 5) is 2.25. The second-order valence-electron chi connectivity index (χ2n) is 7.46. The number of hydrogen-bond acceptors (Lipinski definition) is 3. The molecule has 0 amide bonds. The maximum atomic E-state index is 14.0. The quantitative estimate of drug-likeness (QED) is 0.786. The number of nitrogens with one attached hydrogen (secondary N) is 1. The van der Waals surface area contributed by atoms with Gasteiger partial charge < -0.3 is 10.1 Å². The van der Waals surface area contributed by atoms with Crippen LogP contribution >= 0.6 is 0 Å². The van der Waals surface area contributed by atoms with Gasteiger partial charge in [0.25, 0.3) is 0 Å². The van der Waals surface area contributed by atoms with Gasteiger partial charge in [-0.05, 0) is 53.8 Å². The Kier molecular flexibility index (Phi) is 5.40. The summed E-state index contributed by atoms with van der Waals surface area (Å²) < 4.78 is 60.5. The predicted molar refractivity (Wildman–Crippen MR) is 96.8 cm³/mol. The normalized spacial score (nSPS) is 22.4. The van der Waals surface area contributed by atoms with Crippen LogP contribution in [-0.2, 0) is 23.3 Å². The van der Waals surface area contributed by atoms with Crippen molar-refractivity contribution in [3.63, 3.8) is 0 Å². The monoisotopic (exact) mass is 394 g/mol. The molecule has 2 aromatic rings. The van der Waals surface area contributed by atoms with Gasteiger partial charge in [-0.3, -0.25) is 4.90 Å². The Morgan fingerprint density at radius 3 is 2.32 bits per heavy atom. The third-order valence-corrected chi connectivity index (χ3v) is 5.71. The van der Waals surface area contributed by atoms with E-state index in [0.717, 1.165) is 43.4 Å². The van der Waals surface area contributed by atoms with E-state index in [4.69, 9.17) is 4.74 Å². The molecule has 0 bridgehead atoms. The molecule has 2 aromatic carbocycles. The molecule has 1 atom stereocenters. The van der Waals surface area contributed by atoms with Crippen LogP contribution in [0.4, 0.5) is 17.6 Å². The number of piperazine rings is 1. The highest BCUT2D eigenvalue weighted by atomic mass is 19.2. The minimum absolute atomic E-state index is 0.0432. The van der Waals surface area contributed by atoms with E-state index < -0.39 is 28.8 Å². The third kappa shape index (κ3) is 3.66. The van der Waals surface area contributed by atoms with Crippen LogP contribution in [0.3, 0.4) is 0 Å². The molecule has 0 aromatic heterocycles. The van der Waals surface area contributed by atoms with Crippen LogP contribution in [0.25, 0.3) is 0 Å². The van der Waals surface area contributed by atoms with Crippen LogP contribution in [0.2, 0.25) is 0 Å². The SMILES string of the molecule is Fc1cc(F)cc(COC[C@@]2(N3CCNCC3)CCc3cc(F)c(F)cc32)c1. The van der Waals surface area contributed by atoms with Crippen molar-refractivity contribution in [1.82, 2.24) is 10.2 Å². The first-order chi connectivity index (χ1) is 13.5. The van der Waals surface area contributed by atoms with E-state index in [1.54, 1.807) is 0 Å². The van der Waals surface area contributed by atoms with E-state index in [2.05, 4.69) is 10.2 Å². The van der Waals surface area contributed by atoms with Gasteiger partial charge in [-0.15, -0.1) is 0 Å². The highest BCUT2D eigenvalue weighted by molar-refractivity contribution is 5.40. The number of hydrogen-bond donors (Lipinski definition) is 1. The van der Waals surface area contributed by atoms with Crippen LogP contribution in [-0.4, -0.2) is 37.7 Å². The summed E-state index contributed by atoms with van der Waals surface area (Å²) in [5.41, 5.74) is 1.37. The van der Waals surface area contributed by atoms with Crippen molar-refractivity contribution >= 4 is 0 Å². The largest absolute Gasteiger partial charge is 0.374 e. The highest BCUT2D eigenvalue weighted by Crippen LogP contribution is 2.43. The minimum Gasteiger partial charge on any atom is -0.374 e. The maximum Gasteiger partial charge on any atom is 0.159 e. The first kappa shape index (κ1) is 19.4. The molecular formula is C21H22F4N2O. The van der Waals surface area contributed by atoms with Crippen LogP contribution in [0.15, 0.2) is 30.3 Å². The van der Waals surface area contributed by atoms with Gasteiger partial charge in [0.05, 0.1) is 18.8 Å². The van der Waals surface area contributed by atoms with Crippen molar-refractivity contribution in [2.75, 3.05) is 32.8 Å². The van der Waals surface area contributed by atoms with Gasteiger partial charge in [-0.2, -0.15) is 0 Å². The van der Waals surface area contributed by atoms with Gasteiger partial charge >= 0.3 is 0 Å². The second-order valence-corrected chi connectivity index (χ2v) is 7.46.